The first-order valence-electron chi connectivity index (χ1n) is 4.58. The highest BCUT2D eigenvalue weighted by Crippen LogP contribution is 2.05. The summed E-state index contributed by atoms with van der Waals surface area (Å²) in [6.45, 7) is 1.98. The summed E-state index contributed by atoms with van der Waals surface area (Å²) in [6, 6.07) is 2.39. The molecule has 1 aromatic heterocycles. The lowest BCUT2D eigenvalue weighted by Crippen LogP contribution is -2.23. The van der Waals surface area contributed by atoms with Crippen LogP contribution in [-0.2, 0) is 0 Å². The van der Waals surface area contributed by atoms with Gasteiger partial charge in [-0.3, -0.25) is 0 Å². The quantitative estimate of drug-likeness (QED) is 0.769. The highest BCUT2D eigenvalue weighted by atomic mass is 35.5. The van der Waals surface area contributed by atoms with E-state index in [-0.39, 0.29) is 12.4 Å². The third-order valence-corrected chi connectivity index (χ3v) is 2.17. The number of nitrogens with one attached hydrogen (secondary N) is 2. The van der Waals surface area contributed by atoms with Crippen molar-refractivity contribution in [2.45, 2.75) is 12.5 Å². The van der Waals surface area contributed by atoms with Crippen LogP contribution in [0.15, 0.2) is 12.4 Å². The maximum absolute atomic E-state index is 8.55. The van der Waals surface area contributed by atoms with Crippen LogP contribution < -0.4 is 10.6 Å². The number of hydrogen-bond donors (Lipinski definition) is 2. The molecule has 0 amide bonds. The summed E-state index contributed by atoms with van der Waals surface area (Å²) in [7, 11) is 0. The van der Waals surface area contributed by atoms with E-state index >= 15 is 0 Å². The SMILES string of the molecule is Cl.N#Cc1cnc(N[C@@H]2CCNC2)nc1. The molecule has 2 N–H and O–H groups in total. The molecule has 0 radical (unpaired) electrons. The normalized spacial score (nSPS) is 19.0. The monoisotopic (exact) mass is 225 g/mol. The maximum atomic E-state index is 8.55. The summed E-state index contributed by atoms with van der Waals surface area (Å²) in [6.07, 6.45) is 4.14. The lowest BCUT2D eigenvalue weighted by atomic mass is 10.3. The van der Waals surface area contributed by atoms with Crippen LogP contribution in [-0.4, -0.2) is 29.1 Å². The van der Waals surface area contributed by atoms with Gasteiger partial charge in [-0.25, -0.2) is 9.97 Å². The second-order valence-corrected chi connectivity index (χ2v) is 3.24. The van der Waals surface area contributed by atoms with Crippen LogP contribution in [0.3, 0.4) is 0 Å². The molecule has 1 aliphatic rings. The van der Waals surface area contributed by atoms with Crippen LogP contribution in [0.4, 0.5) is 5.95 Å². The van der Waals surface area contributed by atoms with Gasteiger partial charge in [0.2, 0.25) is 5.95 Å². The molecular weight excluding hydrogens is 214 g/mol. The van der Waals surface area contributed by atoms with E-state index in [0.717, 1.165) is 19.5 Å². The molecule has 1 aromatic rings. The van der Waals surface area contributed by atoms with Crippen molar-refractivity contribution in [2.75, 3.05) is 18.4 Å². The molecule has 0 spiro atoms. The average molecular weight is 226 g/mol. The third kappa shape index (κ3) is 3.05. The summed E-state index contributed by atoms with van der Waals surface area (Å²) < 4.78 is 0. The number of nitriles is 1. The van der Waals surface area contributed by atoms with Gasteiger partial charge in [-0.05, 0) is 13.0 Å². The van der Waals surface area contributed by atoms with Gasteiger partial charge in [-0.15, -0.1) is 12.4 Å². The van der Waals surface area contributed by atoms with Crippen LogP contribution in [0, 0.1) is 11.3 Å². The topological polar surface area (TPSA) is 73.6 Å². The lowest BCUT2D eigenvalue weighted by molar-refractivity contribution is 0.780. The second kappa shape index (κ2) is 5.49. The van der Waals surface area contributed by atoms with Crippen LogP contribution in [0.25, 0.3) is 0 Å². The fraction of sp³-hybridized carbons (Fsp3) is 0.444. The molecule has 1 saturated heterocycles. The molecule has 0 unspecified atom stereocenters. The molecular formula is C9H12ClN5. The standard InChI is InChI=1S/C9H11N5.ClH/c10-3-7-4-12-9(13-5-7)14-8-1-2-11-6-8;/h4-5,8,11H,1-2,6H2,(H,12,13,14);1H/t8-;/m1./s1. The Labute approximate surface area is 94.3 Å². The number of halogens is 1. The summed E-state index contributed by atoms with van der Waals surface area (Å²) in [5, 5.41) is 15.0. The summed E-state index contributed by atoms with van der Waals surface area (Å²) in [5.41, 5.74) is 0.486. The Morgan fingerprint density at radius 2 is 2.20 bits per heavy atom. The molecule has 0 saturated carbocycles. The maximum Gasteiger partial charge on any atom is 0.222 e. The first-order valence-corrected chi connectivity index (χ1v) is 4.58. The molecule has 2 heterocycles. The second-order valence-electron chi connectivity index (χ2n) is 3.24. The zero-order chi connectivity index (χ0) is 9.80. The summed E-state index contributed by atoms with van der Waals surface area (Å²) >= 11 is 0. The molecule has 1 aliphatic heterocycles. The fourth-order valence-corrected chi connectivity index (χ4v) is 1.42. The Morgan fingerprint density at radius 1 is 1.47 bits per heavy atom. The Bertz CT molecular complexity index is 339. The molecule has 2 rings (SSSR count). The van der Waals surface area contributed by atoms with E-state index in [1.165, 1.54) is 12.4 Å². The van der Waals surface area contributed by atoms with Crippen molar-refractivity contribution >= 4 is 18.4 Å². The molecule has 0 aromatic carbocycles. The first-order chi connectivity index (χ1) is 6.88. The first kappa shape index (κ1) is 11.7. The molecule has 0 aliphatic carbocycles. The van der Waals surface area contributed by atoms with Crippen LogP contribution in [0.2, 0.25) is 0 Å². The zero-order valence-electron chi connectivity index (χ0n) is 8.10. The largest absolute Gasteiger partial charge is 0.350 e. The Balaban J connectivity index is 0.00000112. The van der Waals surface area contributed by atoms with Crippen molar-refractivity contribution in [3.05, 3.63) is 18.0 Å². The highest BCUT2D eigenvalue weighted by molar-refractivity contribution is 5.85. The zero-order valence-corrected chi connectivity index (χ0v) is 8.92. The van der Waals surface area contributed by atoms with E-state index in [1.54, 1.807) is 0 Å². The predicted octanol–water partition coefficient (Wildman–Crippen LogP) is 0.544. The fourth-order valence-electron chi connectivity index (χ4n) is 1.42. The van der Waals surface area contributed by atoms with Crippen molar-refractivity contribution in [2.24, 2.45) is 0 Å². The van der Waals surface area contributed by atoms with Gasteiger partial charge in [0.15, 0.2) is 0 Å². The van der Waals surface area contributed by atoms with E-state index in [0.29, 0.717) is 17.6 Å². The van der Waals surface area contributed by atoms with Gasteiger partial charge in [0.25, 0.3) is 0 Å². The van der Waals surface area contributed by atoms with Crippen molar-refractivity contribution in [3.8, 4) is 6.07 Å². The smallest absolute Gasteiger partial charge is 0.222 e. The van der Waals surface area contributed by atoms with Gasteiger partial charge in [0, 0.05) is 12.6 Å². The van der Waals surface area contributed by atoms with Gasteiger partial charge in [0.05, 0.1) is 18.0 Å². The minimum Gasteiger partial charge on any atom is -0.350 e. The van der Waals surface area contributed by atoms with Crippen molar-refractivity contribution < 1.29 is 0 Å². The molecule has 5 nitrogen and oxygen atoms in total. The van der Waals surface area contributed by atoms with E-state index < -0.39 is 0 Å². The number of aromatic nitrogens is 2. The van der Waals surface area contributed by atoms with Crippen molar-refractivity contribution in [3.63, 3.8) is 0 Å². The molecule has 1 fully saturated rings. The molecule has 1 atom stereocenters. The number of anilines is 1. The van der Waals surface area contributed by atoms with Crippen LogP contribution in [0.5, 0.6) is 0 Å². The van der Waals surface area contributed by atoms with Crippen LogP contribution in [0.1, 0.15) is 12.0 Å². The van der Waals surface area contributed by atoms with Gasteiger partial charge >= 0.3 is 0 Å². The van der Waals surface area contributed by atoms with E-state index in [1.807, 2.05) is 6.07 Å². The highest BCUT2D eigenvalue weighted by Gasteiger charge is 2.14. The minimum absolute atomic E-state index is 0. The third-order valence-electron chi connectivity index (χ3n) is 2.17. The van der Waals surface area contributed by atoms with E-state index in [4.69, 9.17) is 5.26 Å². The van der Waals surface area contributed by atoms with Crippen LogP contribution >= 0.6 is 12.4 Å². The van der Waals surface area contributed by atoms with E-state index in [9.17, 15) is 0 Å². The predicted molar refractivity (Wildman–Crippen MR) is 58.9 cm³/mol. The Hall–Kier alpha value is -1.38. The molecule has 0 bridgehead atoms. The minimum atomic E-state index is 0. The van der Waals surface area contributed by atoms with Gasteiger partial charge in [-0.2, -0.15) is 5.26 Å². The molecule has 15 heavy (non-hydrogen) atoms. The number of nitrogens with zero attached hydrogens (tertiary/aromatic N) is 3. The Morgan fingerprint density at radius 3 is 2.73 bits per heavy atom. The summed E-state index contributed by atoms with van der Waals surface area (Å²) in [5.74, 6) is 0.595. The van der Waals surface area contributed by atoms with E-state index in [2.05, 4.69) is 20.6 Å². The summed E-state index contributed by atoms with van der Waals surface area (Å²) in [4.78, 5) is 8.08. The lowest BCUT2D eigenvalue weighted by Gasteiger charge is -2.09. The molecule has 6 heteroatoms. The number of rotatable bonds is 2. The van der Waals surface area contributed by atoms with Gasteiger partial charge in [0.1, 0.15) is 6.07 Å². The van der Waals surface area contributed by atoms with Crippen molar-refractivity contribution in [1.82, 2.24) is 15.3 Å². The van der Waals surface area contributed by atoms with Gasteiger partial charge < -0.3 is 10.6 Å². The van der Waals surface area contributed by atoms with Gasteiger partial charge in [-0.1, -0.05) is 0 Å². The number of hydrogen-bond acceptors (Lipinski definition) is 5. The molecule has 80 valence electrons. The Kier molecular flexibility index (Phi) is 4.28. The average Bonchev–Trinajstić information content (AvgIpc) is 2.72. The van der Waals surface area contributed by atoms with Crippen molar-refractivity contribution in [1.29, 1.82) is 5.26 Å².